The van der Waals surface area contributed by atoms with Gasteiger partial charge in [0.15, 0.2) is 0 Å². The van der Waals surface area contributed by atoms with E-state index in [0.29, 0.717) is 11.3 Å². The summed E-state index contributed by atoms with van der Waals surface area (Å²) in [6.07, 6.45) is 1.02. The molecule has 5 heteroatoms. The summed E-state index contributed by atoms with van der Waals surface area (Å²) in [7, 11) is 0. The highest BCUT2D eigenvalue weighted by molar-refractivity contribution is 5.79. The molecule has 0 radical (unpaired) electrons. The maximum Gasteiger partial charge on any atom is 0.263 e. The van der Waals surface area contributed by atoms with Crippen LogP contribution in [0.25, 0.3) is 16.8 Å². The average Bonchev–Trinajstić information content (AvgIpc) is 2.87. The molecule has 0 aliphatic heterocycles. The highest BCUT2D eigenvalue weighted by atomic mass is 19.1. The molecule has 0 saturated heterocycles. The maximum absolute atomic E-state index is 12.9. The lowest BCUT2D eigenvalue weighted by Crippen LogP contribution is -2.23. The van der Waals surface area contributed by atoms with Crippen molar-refractivity contribution in [1.82, 2.24) is 14.4 Å². The lowest BCUT2D eigenvalue weighted by Gasteiger charge is -2.14. The summed E-state index contributed by atoms with van der Waals surface area (Å²) in [6, 6.07) is 7.48. The Morgan fingerprint density at radius 2 is 2.14 bits per heavy atom. The number of H-pyrrole nitrogens is 1. The van der Waals surface area contributed by atoms with Crippen LogP contribution in [0.5, 0.6) is 0 Å². The van der Waals surface area contributed by atoms with Gasteiger partial charge < -0.3 is 4.98 Å². The van der Waals surface area contributed by atoms with E-state index in [9.17, 15) is 9.18 Å². The number of rotatable bonds is 4. The van der Waals surface area contributed by atoms with Gasteiger partial charge in [-0.15, -0.1) is 0 Å². The van der Waals surface area contributed by atoms with Crippen LogP contribution in [0.3, 0.4) is 0 Å². The number of hydrogen-bond acceptors (Lipinski definition) is 2. The SMILES string of the molecule is CC[C@@H](C)c1[nH]c2nc3ccccc3n2c(=O)c1CCF. The number of halogens is 1. The highest BCUT2D eigenvalue weighted by Crippen LogP contribution is 2.21. The zero-order valence-corrected chi connectivity index (χ0v) is 12.2. The first-order valence-corrected chi connectivity index (χ1v) is 7.25. The summed E-state index contributed by atoms with van der Waals surface area (Å²) in [6.45, 7) is 3.55. The highest BCUT2D eigenvalue weighted by Gasteiger charge is 2.18. The fourth-order valence-corrected chi connectivity index (χ4v) is 2.72. The van der Waals surface area contributed by atoms with E-state index in [0.717, 1.165) is 23.1 Å². The molecule has 3 aromatic rings. The van der Waals surface area contributed by atoms with Crippen LogP contribution in [0.4, 0.5) is 4.39 Å². The van der Waals surface area contributed by atoms with Crippen LogP contribution in [0.15, 0.2) is 29.1 Å². The first-order chi connectivity index (χ1) is 10.2. The number of para-hydroxylation sites is 2. The van der Waals surface area contributed by atoms with E-state index in [4.69, 9.17) is 0 Å². The van der Waals surface area contributed by atoms with Crippen molar-refractivity contribution < 1.29 is 4.39 Å². The number of alkyl halides is 1. The van der Waals surface area contributed by atoms with Gasteiger partial charge in [-0.3, -0.25) is 9.18 Å². The molecule has 0 spiro atoms. The maximum atomic E-state index is 12.9. The van der Waals surface area contributed by atoms with Gasteiger partial charge in [0.2, 0.25) is 5.78 Å². The number of nitrogens with one attached hydrogen (secondary N) is 1. The lowest BCUT2D eigenvalue weighted by molar-refractivity contribution is 0.490. The molecule has 4 nitrogen and oxygen atoms in total. The molecule has 1 atom stereocenters. The minimum atomic E-state index is -0.537. The van der Waals surface area contributed by atoms with Crippen molar-refractivity contribution in [3.05, 3.63) is 45.9 Å². The molecular formula is C16H18FN3O. The smallest absolute Gasteiger partial charge is 0.263 e. The van der Waals surface area contributed by atoms with E-state index >= 15 is 0 Å². The van der Waals surface area contributed by atoms with E-state index in [2.05, 4.69) is 16.9 Å². The van der Waals surface area contributed by atoms with Gasteiger partial charge in [-0.25, -0.2) is 9.38 Å². The second-order valence-electron chi connectivity index (χ2n) is 5.33. The van der Waals surface area contributed by atoms with Gasteiger partial charge in [-0.05, 0) is 24.5 Å². The molecule has 0 aliphatic rings. The Hall–Kier alpha value is -2.17. The molecule has 0 unspecified atom stereocenters. The van der Waals surface area contributed by atoms with Gasteiger partial charge in [0, 0.05) is 17.7 Å². The van der Waals surface area contributed by atoms with Crippen molar-refractivity contribution in [2.24, 2.45) is 0 Å². The molecule has 0 saturated carbocycles. The normalized spacial score (nSPS) is 13.1. The van der Waals surface area contributed by atoms with E-state index in [1.54, 1.807) is 4.40 Å². The van der Waals surface area contributed by atoms with Crippen LogP contribution in [0.1, 0.15) is 37.4 Å². The Bertz CT molecular complexity index is 850. The van der Waals surface area contributed by atoms with E-state index in [1.165, 1.54) is 0 Å². The first kappa shape index (κ1) is 13.8. The monoisotopic (exact) mass is 287 g/mol. The van der Waals surface area contributed by atoms with E-state index < -0.39 is 6.67 Å². The van der Waals surface area contributed by atoms with Crippen molar-refractivity contribution in [2.75, 3.05) is 6.67 Å². The largest absolute Gasteiger partial charge is 0.328 e. The molecule has 0 fully saturated rings. The molecule has 3 rings (SSSR count). The fraction of sp³-hybridized carbons (Fsp3) is 0.375. The van der Waals surface area contributed by atoms with Crippen LogP contribution in [-0.2, 0) is 6.42 Å². The number of aromatic nitrogens is 3. The van der Waals surface area contributed by atoms with Crippen molar-refractivity contribution in [3.8, 4) is 0 Å². The Morgan fingerprint density at radius 1 is 1.38 bits per heavy atom. The zero-order valence-electron chi connectivity index (χ0n) is 12.2. The molecule has 0 aliphatic carbocycles. The Kier molecular flexibility index (Phi) is 3.49. The van der Waals surface area contributed by atoms with Crippen LogP contribution < -0.4 is 5.56 Å². The summed E-state index contributed by atoms with van der Waals surface area (Å²) in [5, 5.41) is 0. The number of fused-ring (bicyclic) bond motifs is 3. The van der Waals surface area contributed by atoms with E-state index in [-0.39, 0.29) is 17.9 Å². The van der Waals surface area contributed by atoms with Crippen LogP contribution in [0.2, 0.25) is 0 Å². The predicted octanol–water partition coefficient (Wildman–Crippen LogP) is 3.20. The second kappa shape index (κ2) is 5.31. The molecule has 1 N–H and O–H groups in total. The van der Waals surface area contributed by atoms with Crippen molar-refractivity contribution >= 4 is 16.8 Å². The molecule has 2 aromatic heterocycles. The van der Waals surface area contributed by atoms with Gasteiger partial charge in [0.25, 0.3) is 5.56 Å². The Labute approximate surface area is 121 Å². The van der Waals surface area contributed by atoms with Crippen LogP contribution in [0, 0.1) is 0 Å². The minimum Gasteiger partial charge on any atom is -0.328 e. The van der Waals surface area contributed by atoms with E-state index in [1.807, 2.05) is 31.2 Å². The summed E-state index contributed by atoms with van der Waals surface area (Å²) < 4.78 is 14.4. The third kappa shape index (κ3) is 2.13. The summed E-state index contributed by atoms with van der Waals surface area (Å²) in [5.74, 6) is 0.697. The molecule has 0 bridgehead atoms. The molecule has 2 heterocycles. The average molecular weight is 287 g/mol. The number of imidazole rings is 1. The number of nitrogens with zero attached hydrogens (tertiary/aromatic N) is 2. The van der Waals surface area contributed by atoms with Gasteiger partial charge in [-0.2, -0.15) is 0 Å². The second-order valence-corrected chi connectivity index (χ2v) is 5.33. The quantitative estimate of drug-likeness (QED) is 0.801. The fourth-order valence-electron chi connectivity index (χ4n) is 2.72. The molecule has 0 amide bonds. The van der Waals surface area contributed by atoms with Crippen molar-refractivity contribution in [2.45, 2.75) is 32.6 Å². The Morgan fingerprint density at radius 3 is 2.86 bits per heavy atom. The van der Waals surface area contributed by atoms with Crippen LogP contribution in [-0.4, -0.2) is 21.0 Å². The molecule has 21 heavy (non-hydrogen) atoms. The van der Waals surface area contributed by atoms with Gasteiger partial charge in [-0.1, -0.05) is 26.0 Å². The summed E-state index contributed by atoms with van der Waals surface area (Å²) >= 11 is 0. The molecule has 110 valence electrons. The summed E-state index contributed by atoms with van der Waals surface area (Å²) in [4.78, 5) is 20.5. The van der Waals surface area contributed by atoms with Crippen LogP contribution >= 0.6 is 0 Å². The molecular weight excluding hydrogens is 269 g/mol. The standard InChI is InChI=1S/C16H18FN3O/c1-3-10(2)14-11(8-9-17)15(21)20-13-7-5-4-6-12(13)18-16(20)19-14/h4-7,10H,3,8-9H2,1-2H3,(H,18,19)/t10-/m1/s1. The van der Waals surface area contributed by atoms with Gasteiger partial charge in [0.05, 0.1) is 17.7 Å². The minimum absolute atomic E-state index is 0.136. The third-order valence-electron chi connectivity index (χ3n) is 4.04. The number of aromatic amines is 1. The molecule has 1 aromatic carbocycles. The Balaban J connectivity index is 2.41. The zero-order chi connectivity index (χ0) is 15.0. The topological polar surface area (TPSA) is 50.2 Å². The van der Waals surface area contributed by atoms with Gasteiger partial charge in [0.1, 0.15) is 0 Å². The number of benzene rings is 1. The van der Waals surface area contributed by atoms with Crippen molar-refractivity contribution in [3.63, 3.8) is 0 Å². The first-order valence-electron chi connectivity index (χ1n) is 7.25. The summed E-state index contributed by atoms with van der Waals surface area (Å²) in [5.41, 5.74) is 2.69. The number of hydrogen-bond donors (Lipinski definition) is 1. The predicted molar refractivity (Wildman–Crippen MR) is 81.7 cm³/mol. The van der Waals surface area contributed by atoms with Crippen molar-refractivity contribution in [1.29, 1.82) is 0 Å². The third-order valence-corrected chi connectivity index (χ3v) is 4.04. The lowest BCUT2D eigenvalue weighted by atomic mass is 9.99. The van der Waals surface area contributed by atoms with Gasteiger partial charge >= 0.3 is 0 Å².